The Morgan fingerprint density at radius 1 is 1.36 bits per heavy atom. The fourth-order valence-electron chi connectivity index (χ4n) is 0.725. The zero-order valence-corrected chi connectivity index (χ0v) is 8.69. The standard InChI is InChI=1S/C3H5O2.2CH3O.CH3.Ti/c4-3-1-2-5-3;2*1-2;;/h3H,1-2H2;2*1H3;1H3;/q3*-1;;+3. The quantitative estimate of drug-likeness (QED) is 0.631. The van der Waals surface area contributed by atoms with Crippen LogP contribution in [0, 0.1) is 0 Å². The maximum atomic E-state index is 5.49. The average Bonchev–Trinajstić information content (AvgIpc) is 1.97. The van der Waals surface area contributed by atoms with Crippen molar-refractivity contribution in [3.63, 3.8) is 0 Å². The van der Waals surface area contributed by atoms with E-state index in [-0.39, 0.29) is 6.29 Å². The van der Waals surface area contributed by atoms with E-state index in [1.807, 2.05) is 5.23 Å². The molecular weight excluding hydrogens is 184 g/mol. The monoisotopic (exact) mass is 198 g/mol. The molecule has 0 amide bonds. The second-order valence-electron chi connectivity index (χ2n) is 2.48. The molecule has 0 aromatic carbocycles. The summed E-state index contributed by atoms with van der Waals surface area (Å²) in [5.74, 6) is 0. The summed E-state index contributed by atoms with van der Waals surface area (Å²) in [6.07, 6.45) is 0.869. The summed E-state index contributed by atoms with van der Waals surface area (Å²) in [5, 5.41) is 1.89. The van der Waals surface area contributed by atoms with Crippen molar-refractivity contribution in [1.82, 2.24) is 0 Å². The zero-order valence-electron chi connectivity index (χ0n) is 7.12. The minimum atomic E-state index is -2.84. The number of hydrogen-bond donors (Lipinski definition) is 0. The third kappa shape index (κ3) is 2.51. The van der Waals surface area contributed by atoms with Gasteiger partial charge < -0.3 is 0 Å². The number of ether oxygens (including phenoxy) is 1. The average molecular weight is 198 g/mol. The van der Waals surface area contributed by atoms with Crippen LogP contribution in [-0.2, 0) is 32.4 Å². The number of rotatable bonds is 4. The molecule has 0 aromatic rings. The van der Waals surface area contributed by atoms with Gasteiger partial charge >= 0.3 is 71.2 Å². The van der Waals surface area contributed by atoms with E-state index in [9.17, 15) is 0 Å². The van der Waals surface area contributed by atoms with Crippen molar-refractivity contribution >= 4 is 0 Å². The van der Waals surface area contributed by atoms with Gasteiger partial charge in [0.2, 0.25) is 0 Å². The van der Waals surface area contributed by atoms with E-state index in [1.54, 1.807) is 14.2 Å². The Labute approximate surface area is 71.6 Å². The Morgan fingerprint density at radius 2 is 1.91 bits per heavy atom. The molecule has 4 nitrogen and oxygen atoms in total. The Kier molecular flexibility index (Phi) is 3.49. The Balaban J connectivity index is 2.29. The van der Waals surface area contributed by atoms with Gasteiger partial charge in [-0.15, -0.1) is 0 Å². The molecule has 0 saturated carbocycles. The topological polar surface area (TPSA) is 36.9 Å². The molecule has 1 rings (SSSR count). The summed E-state index contributed by atoms with van der Waals surface area (Å²) >= 11 is -2.84. The molecule has 1 aliphatic heterocycles. The molecular formula is C6H14O4Ti. The SMILES string of the molecule is C[O][Ti]([CH3])([O]C)[O]C1CCO1. The van der Waals surface area contributed by atoms with Gasteiger partial charge in [0.25, 0.3) is 0 Å². The molecule has 5 heteroatoms. The molecule has 1 heterocycles. The molecule has 1 unspecified atom stereocenters. The summed E-state index contributed by atoms with van der Waals surface area (Å²) in [7, 11) is 3.23. The van der Waals surface area contributed by atoms with E-state index in [2.05, 4.69) is 0 Å². The fraction of sp³-hybridized carbons (Fsp3) is 1.00. The Morgan fingerprint density at radius 3 is 2.18 bits per heavy atom. The van der Waals surface area contributed by atoms with Crippen LogP contribution in [-0.4, -0.2) is 27.1 Å². The first-order valence-corrected chi connectivity index (χ1v) is 7.07. The molecule has 0 aliphatic carbocycles. The summed E-state index contributed by atoms with van der Waals surface area (Å²) in [6, 6.07) is 0. The summed E-state index contributed by atoms with van der Waals surface area (Å²) in [6.45, 7) is 0.788. The summed E-state index contributed by atoms with van der Waals surface area (Å²) < 4.78 is 20.9. The fourth-order valence-corrected chi connectivity index (χ4v) is 2.32. The van der Waals surface area contributed by atoms with Crippen molar-refractivity contribution in [3.05, 3.63) is 0 Å². The molecule has 0 aromatic heterocycles. The van der Waals surface area contributed by atoms with Gasteiger partial charge in [-0.25, -0.2) is 0 Å². The Hall–Kier alpha value is 0.554. The predicted octanol–water partition coefficient (Wildman–Crippen LogP) is 0.989. The van der Waals surface area contributed by atoms with Crippen LogP contribution < -0.4 is 0 Å². The van der Waals surface area contributed by atoms with E-state index >= 15 is 0 Å². The normalized spacial score (nSPS) is 24.8. The second kappa shape index (κ2) is 3.98. The van der Waals surface area contributed by atoms with Crippen LogP contribution in [0.5, 0.6) is 0 Å². The van der Waals surface area contributed by atoms with Gasteiger partial charge in [-0.1, -0.05) is 0 Å². The third-order valence-corrected chi connectivity index (χ3v) is 5.14. The van der Waals surface area contributed by atoms with Gasteiger partial charge in [-0.3, -0.25) is 0 Å². The van der Waals surface area contributed by atoms with E-state index in [1.165, 1.54) is 0 Å². The molecule has 66 valence electrons. The second-order valence-corrected chi connectivity index (χ2v) is 6.81. The van der Waals surface area contributed by atoms with Crippen molar-refractivity contribution in [2.75, 3.05) is 20.8 Å². The van der Waals surface area contributed by atoms with Crippen molar-refractivity contribution in [2.24, 2.45) is 0 Å². The van der Waals surface area contributed by atoms with E-state index < -0.39 is 17.8 Å². The van der Waals surface area contributed by atoms with Gasteiger partial charge in [0.1, 0.15) is 0 Å². The zero-order chi connectivity index (χ0) is 8.32. The molecule has 0 radical (unpaired) electrons. The molecule has 1 saturated heterocycles. The van der Waals surface area contributed by atoms with Crippen molar-refractivity contribution < 1.29 is 32.4 Å². The van der Waals surface area contributed by atoms with E-state index in [4.69, 9.17) is 14.7 Å². The van der Waals surface area contributed by atoms with E-state index in [0.29, 0.717) is 0 Å². The van der Waals surface area contributed by atoms with Crippen LogP contribution in [0.4, 0.5) is 0 Å². The molecule has 1 aliphatic rings. The van der Waals surface area contributed by atoms with Gasteiger partial charge in [0.15, 0.2) is 0 Å². The van der Waals surface area contributed by atoms with Crippen LogP contribution in [0.2, 0.25) is 5.23 Å². The molecule has 11 heavy (non-hydrogen) atoms. The van der Waals surface area contributed by atoms with Gasteiger partial charge in [0, 0.05) is 0 Å². The van der Waals surface area contributed by atoms with Crippen LogP contribution >= 0.6 is 0 Å². The third-order valence-electron chi connectivity index (χ3n) is 1.74. The van der Waals surface area contributed by atoms with Crippen LogP contribution in [0.3, 0.4) is 0 Å². The van der Waals surface area contributed by atoms with Crippen molar-refractivity contribution in [1.29, 1.82) is 0 Å². The number of hydrogen-bond acceptors (Lipinski definition) is 4. The first-order chi connectivity index (χ1) is 5.20. The van der Waals surface area contributed by atoms with Crippen LogP contribution in [0.15, 0.2) is 0 Å². The Bertz CT molecular complexity index is 122. The molecule has 1 atom stereocenters. The van der Waals surface area contributed by atoms with Gasteiger partial charge in [-0.2, -0.15) is 0 Å². The maximum absolute atomic E-state index is 5.49. The summed E-state index contributed by atoms with van der Waals surface area (Å²) in [5.41, 5.74) is 0. The minimum absolute atomic E-state index is 0.0834. The van der Waals surface area contributed by atoms with Crippen LogP contribution in [0.25, 0.3) is 0 Å². The molecule has 0 bridgehead atoms. The first-order valence-electron chi connectivity index (χ1n) is 3.60. The summed E-state index contributed by atoms with van der Waals surface area (Å²) in [4.78, 5) is 0. The van der Waals surface area contributed by atoms with E-state index in [0.717, 1.165) is 13.0 Å². The first kappa shape index (κ1) is 9.64. The molecule has 1 fully saturated rings. The molecule has 0 N–H and O–H groups in total. The van der Waals surface area contributed by atoms with Gasteiger partial charge in [-0.05, 0) is 0 Å². The van der Waals surface area contributed by atoms with Gasteiger partial charge in [0.05, 0.1) is 0 Å². The van der Waals surface area contributed by atoms with Crippen molar-refractivity contribution in [3.8, 4) is 0 Å². The molecule has 0 spiro atoms. The van der Waals surface area contributed by atoms with Crippen molar-refractivity contribution in [2.45, 2.75) is 17.9 Å². The predicted molar refractivity (Wildman–Crippen MR) is 35.3 cm³/mol. The van der Waals surface area contributed by atoms with Crippen LogP contribution in [0.1, 0.15) is 6.42 Å².